The molecule has 1 heteroatoms. The van der Waals surface area contributed by atoms with E-state index in [2.05, 4.69) is 51.1 Å². The first-order valence-electron chi connectivity index (χ1n) is 6.41. The maximum atomic E-state index is 4.82. The molecule has 0 atom stereocenters. The molecule has 0 N–H and O–H groups in total. The number of aliphatic imine (C=N–C) groups is 1. The number of nitrogens with zero attached hydrogens (tertiary/aromatic N) is 1. The zero-order chi connectivity index (χ0) is 13.0. The molecule has 2 rings (SSSR count). The predicted octanol–water partition coefficient (Wildman–Crippen LogP) is 4.70. The van der Waals surface area contributed by atoms with E-state index in [0.717, 1.165) is 17.8 Å². The number of para-hydroxylation sites is 1. The fourth-order valence-corrected chi connectivity index (χ4v) is 2.08. The van der Waals surface area contributed by atoms with Gasteiger partial charge in [0.25, 0.3) is 0 Å². The topological polar surface area (TPSA) is 12.4 Å². The lowest BCUT2D eigenvalue weighted by molar-refractivity contribution is 1.12. The number of rotatable bonds is 3. The Morgan fingerprint density at radius 3 is 2.39 bits per heavy atom. The Labute approximate surface area is 109 Å². The molecule has 0 saturated carbocycles. The summed E-state index contributed by atoms with van der Waals surface area (Å²) in [6, 6.07) is 16.7. The quantitative estimate of drug-likeness (QED) is 0.686. The fraction of sp³-hybridized carbons (Fsp3) is 0.235. The molecule has 0 fully saturated rings. The molecular formula is C17H19N. The lowest BCUT2D eigenvalue weighted by atomic mass is 10.1. The SMILES string of the molecule is CCc1cccc(C)c1/N=C(\C)c1ccccc1. The molecule has 0 unspecified atom stereocenters. The largest absolute Gasteiger partial charge is 0.253 e. The normalized spacial score (nSPS) is 11.6. The van der Waals surface area contributed by atoms with E-state index in [4.69, 9.17) is 4.99 Å². The number of hydrogen-bond donors (Lipinski definition) is 0. The Morgan fingerprint density at radius 1 is 1.00 bits per heavy atom. The lowest BCUT2D eigenvalue weighted by Gasteiger charge is -2.08. The molecule has 0 radical (unpaired) electrons. The molecule has 0 bridgehead atoms. The van der Waals surface area contributed by atoms with Crippen molar-refractivity contribution in [3.63, 3.8) is 0 Å². The summed E-state index contributed by atoms with van der Waals surface area (Å²) in [4.78, 5) is 4.82. The summed E-state index contributed by atoms with van der Waals surface area (Å²) in [5.74, 6) is 0. The van der Waals surface area contributed by atoms with E-state index in [1.165, 1.54) is 16.7 Å². The van der Waals surface area contributed by atoms with Crippen LogP contribution in [0.4, 0.5) is 5.69 Å². The highest BCUT2D eigenvalue weighted by molar-refractivity contribution is 6.00. The van der Waals surface area contributed by atoms with Crippen LogP contribution in [-0.4, -0.2) is 5.71 Å². The molecule has 0 aliphatic rings. The Morgan fingerprint density at radius 2 is 1.72 bits per heavy atom. The van der Waals surface area contributed by atoms with Crippen LogP contribution in [0.3, 0.4) is 0 Å². The molecule has 2 aromatic carbocycles. The van der Waals surface area contributed by atoms with Crippen molar-refractivity contribution in [3.8, 4) is 0 Å². The smallest absolute Gasteiger partial charge is 0.0694 e. The minimum Gasteiger partial charge on any atom is -0.253 e. The van der Waals surface area contributed by atoms with Crippen molar-refractivity contribution in [1.29, 1.82) is 0 Å². The summed E-state index contributed by atoms with van der Waals surface area (Å²) in [6.45, 7) is 6.36. The molecule has 0 spiro atoms. The van der Waals surface area contributed by atoms with Crippen molar-refractivity contribution in [2.45, 2.75) is 27.2 Å². The van der Waals surface area contributed by atoms with Gasteiger partial charge in [0.15, 0.2) is 0 Å². The summed E-state index contributed by atoms with van der Waals surface area (Å²) in [6.07, 6.45) is 1.02. The van der Waals surface area contributed by atoms with Gasteiger partial charge in [-0.2, -0.15) is 0 Å². The molecule has 2 aromatic rings. The number of aryl methyl sites for hydroxylation is 2. The summed E-state index contributed by atoms with van der Waals surface area (Å²) < 4.78 is 0. The molecule has 1 nitrogen and oxygen atoms in total. The first kappa shape index (κ1) is 12.6. The van der Waals surface area contributed by atoms with Crippen LogP contribution in [0.5, 0.6) is 0 Å². The molecular weight excluding hydrogens is 218 g/mol. The van der Waals surface area contributed by atoms with Crippen molar-refractivity contribution in [2.24, 2.45) is 4.99 Å². The van der Waals surface area contributed by atoms with Crippen molar-refractivity contribution in [1.82, 2.24) is 0 Å². The third kappa shape index (κ3) is 2.67. The predicted molar refractivity (Wildman–Crippen MR) is 78.9 cm³/mol. The van der Waals surface area contributed by atoms with E-state index in [1.807, 2.05) is 18.2 Å². The van der Waals surface area contributed by atoms with Crippen LogP contribution in [0.2, 0.25) is 0 Å². The first-order valence-corrected chi connectivity index (χ1v) is 6.41. The van der Waals surface area contributed by atoms with Crippen LogP contribution in [0.25, 0.3) is 0 Å². The van der Waals surface area contributed by atoms with Gasteiger partial charge < -0.3 is 0 Å². The van der Waals surface area contributed by atoms with E-state index in [0.29, 0.717) is 0 Å². The highest BCUT2D eigenvalue weighted by Gasteiger charge is 2.04. The number of benzene rings is 2. The lowest BCUT2D eigenvalue weighted by Crippen LogP contribution is -1.95. The van der Waals surface area contributed by atoms with Gasteiger partial charge in [-0.3, -0.25) is 4.99 Å². The van der Waals surface area contributed by atoms with Crippen LogP contribution >= 0.6 is 0 Å². The zero-order valence-corrected chi connectivity index (χ0v) is 11.3. The van der Waals surface area contributed by atoms with Crippen LogP contribution in [0.1, 0.15) is 30.5 Å². The second-order valence-corrected chi connectivity index (χ2v) is 4.50. The van der Waals surface area contributed by atoms with Crippen LogP contribution in [0, 0.1) is 6.92 Å². The van der Waals surface area contributed by atoms with Gasteiger partial charge >= 0.3 is 0 Å². The molecule has 0 saturated heterocycles. The van der Waals surface area contributed by atoms with Crippen molar-refractivity contribution < 1.29 is 0 Å². The van der Waals surface area contributed by atoms with Gasteiger partial charge in [0, 0.05) is 5.71 Å². The molecule has 0 amide bonds. The molecule has 18 heavy (non-hydrogen) atoms. The van der Waals surface area contributed by atoms with E-state index in [9.17, 15) is 0 Å². The van der Waals surface area contributed by atoms with Gasteiger partial charge in [-0.15, -0.1) is 0 Å². The molecule has 0 heterocycles. The van der Waals surface area contributed by atoms with Gasteiger partial charge in [0.1, 0.15) is 0 Å². The van der Waals surface area contributed by atoms with E-state index in [-0.39, 0.29) is 0 Å². The third-order valence-electron chi connectivity index (χ3n) is 3.17. The summed E-state index contributed by atoms with van der Waals surface area (Å²) in [5, 5.41) is 0. The molecule has 0 aromatic heterocycles. The Hall–Kier alpha value is -1.89. The number of hydrogen-bond acceptors (Lipinski definition) is 1. The Bertz CT molecular complexity index is 553. The van der Waals surface area contributed by atoms with E-state index >= 15 is 0 Å². The second-order valence-electron chi connectivity index (χ2n) is 4.50. The summed E-state index contributed by atoms with van der Waals surface area (Å²) in [7, 11) is 0. The van der Waals surface area contributed by atoms with E-state index in [1.54, 1.807) is 0 Å². The highest BCUT2D eigenvalue weighted by Crippen LogP contribution is 2.25. The van der Waals surface area contributed by atoms with Crippen LogP contribution in [-0.2, 0) is 6.42 Å². The molecule has 0 aliphatic heterocycles. The highest BCUT2D eigenvalue weighted by atomic mass is 14.8. The standard InChI is InChI=1S/C17H19N/c1-4-15-12-8-9-13(2)17(15)18-14(3)16-10-6-5-7-11-16/h5-12H,4H2,1-3H3/b18-14+. The molecule has 92 valence electrons. The maximum absolute atomic E-state index is 4.82. The van der Waals surface area contributed by atoms with Gasteiger partial charge in [-0.25, -0.2) is 0 Å². The van der Waals surface area contributed by atoms with Crippen molar-refractivity contribution in [2.75, 3.05) is 0 Å². The van der Waals surface area contributed by atoms with Crippen LogP contribution in [0.15, 0.2) is 53.5 Å². The summed E-state index contributed by atoms with van der Waals surface area (Å²) in [5.41, 5.74) is 5.93. The summed E-state index contributed by atoms with van der Waals surface area (Å²) >= 11 is 0. The fourth-order valence-electron chi connectivity index (χ4n) is 2.08. The average Bonchev–Trinajstić information content (AvgIpc) is 2.42. The van der Waals surface area contributed by atoms with E-state index < -0.39 is 0 Å². The minimum atomic E-state index is 1.02. The zero-order valence-electron chi connectivity index (χ0n) is 11.3. The van der Waals surface area contributed by atoms with Gasteiger partial charge in [-0.05, 0) is 37.0 Å². The second kappa shape index (κ2) is 5.63. The van der Waals surface area contributed by atoms with Crippen molar-refractivity contribution >= 4 is 11.4 Å². The van der Waals surface area contributed by atoms with Gasteiger partial charge in [-0.1, -0.05) is 55.5 Å². The minimum absolute atomic E-state index is 1.02. The monoisotopic (exact) mass is 237 g/mol. The Kier molecular flexibility index (Phi) is 3.93. The maximum Gasteiger partial charge on any atom is 0.0694 e. The first-order chi connectivity index (χ1) is 8.72. The van der Waals surface area contributed by atoms with Crippen molar-refractivity contribution in [3.05, 3.63) is 65.2 Å². The average molecular weight is 237 g/mol. The molecule has 0 aliphatic carbocycles. The van der Waals surface area contributed by atoms with Gasteiger partial charge in [0.05, 0.1) is 5.69 Å². The van der Waals surface area contributed by atoms with Gasteiger partial charge in [0.2, 0.25) is 0 Å². The third-order valence-corrected chi connectivity index (χ3v) is 3.17. The Balaban J connectivity index is 2.45. The van der Waals surface area contributed by atoms with Crippen LogP contribution < -0.4 is 0 Å².